The summed E-state index contributed by atoms with van der Waals surface area (Å²) in [7, 11) is 0. The van der Waals surface area contributed by atoms with Crippen molar-refractivity contribution in [3.05, 3.63) is 63.7 Å². The first-order valence-corrected chi connectivity index (χ1v) is 6.63. The Morgan fingerprint density at radius 1 is 1.15 bits per heavy atom. The number of hydrogen-bond donors (Lipinski definition) is 1. The number of carbonyl (C=O) groups excluding carboxylic acids is 1. The zero-order valence-electron chi connectivity index (χ0n) is 11.4. The standard InChI is InChI=1S/C16H16ClNO2/c1-10-3-4-12(7-11(10)2)9-20-16(19)14-8-13(17)5-6-15(14)18/h3-8H,9,18H2,1-2H3. The molecule has 20 heavy (non-hydrogen) atoms. The Bertz CT molecular complexity index is 653. The average Bonchev–Trinajstić information content (AvgIpc) is 2.42. The summed E-state index contributed by atoms with van der Waals surface area (Å²) >= 11 is 5.85. The summed E-state index contributed by atoms with van der Waals surface area (Å²) in [6, 6.07) is 10.7. The van der Waals surface area contributed by atoms with Gasteiger partial charge in [-0.25, -0.2) is 4.79 Å². The van der Waals surface area contributed by atoms with E-state index < -0.39 is 5.97 Å². The van der Waals surface area contributed by atoms with Crippen molar-refractivity contribution in [3.63, 3.8) is 0 Å². The van der Waals surface area contributed by atoms with Gasteiger partial charge in [-0.15, -0.1) is 0 Å². The third kappa shape index (κ3) is 3.31. The summed E-state index contributed by atoms with van der Waals surface area (Å²) in [5.74, 6) is -0.469. The van der Waals surface area contributed by atoms with Crippen LogP contribution < -0.4 is 5.73 Å². The quantitative estimate of drug-likeness (QED) is 0.689. The number of hydrogen-bond acceptors (Lipinski definition) is 3. The molecule has 0 saturated carbocycles. The van der Waals surface area contributed by atoms with Gasteiger partial charge in [0.25, 0.3) is 0 Å². The molecule has 0 aliphatic rings. The predicted molar refractivity (Wildman–Crippen MR) is 80.9 cm³/mol. The molecule has 0 amide bonds. The van der Waals surface area contributed by atoms with Gasteiger partial charge >= 0.3 is 5.97 Å². The maximum atomic E-state index is 12.0. The number of anilines is 1. The molecule has 0 heterocycles. The van der Waals surface area contributed by atoms with Crippen molar-refractivity contribution in [2.45, 2.75) is 20.5 Å². The fourth-order valence-corrected chi connectivity index (χ4v) is 2.00. The SMILES string of the molecule is Cc1ccc(COC(=O)c2cc(Cl)ccc2N)cc1C. The molecule has 0 aliphatic heterocycles. The van der Waals surface area contributed by atoms with E-state index in [1.807, 2.05) is 32.0 Å². The van der Waals surface area contributed by atoms with Gasteiger partial charge in [0.05, 0.1) is 5.56 Å². The second-order valence-electron chi connectivity index (χ2n) is 4.73. The van der Waals surface area contributed by atoms with Gasteiger partial charge in [-0.05, 0) is 48.7 Å². The minimum absolute atomic E-state index is 0.214. The Morgan fingerprint density at radius 2 is 1.90 bits per heavy atom. The van der Waals surface area contributed by atoms with Crippen molar-refractivity contribution in [1.82, 2.24) is 0 Å². The number of rotatable bonds is 3. The van der Waals surface area contributed by atoms with Gasteiger partial charge in [0.2, 0.25) is 0 Å². The van der Waals surface area contributed by atoms with Gasteiger partial charge in [-0.1, -0.05) is 29.8 Å². The second kappa shape index (κ2) is 5.97. The smallest absolute Gasteiger partial charge is 0.340 e. The van der Waals surface area contributed by atoms with Crippen molar-refractivity contribution in [3.8, 4) is 0 Å². The molecule has 0 unspecified atom stereocenters. The number of nitrogens with two attached hydrogens (primary N) is 1. The average molecular weight is 290 g/mol. The van der Waals surface area contributed by atoms with Crippen LogP contribution >= 0.6 is 11.6 Å². The van der Waals surface area contributed by atoms with Crippen LogP contribution in [0.3, 0.4) is 0 Å². The summed E-state index contributed by atoms with van der Waals surface area (Å²) in [6.07, 6.45) is 0. The highest BCUT2D eigenvalue weighted by atomic mass is 35.5. The lowest BCUT2D eigenvalue weighted by Crippen LogP contribution is -2.08. The number of aryl methyl sites for hydroxylation is 2. The first-order valence-electron chi connectivity index (χ1n) is 6.25. The molecule has 0 atom stereocenters. The Labute approximate surface area is 123 Å². The maximum Gasteiger partial charge on any atom is 0.340 e. The topological polar surface area (TPSA) is 52.3 Å². The molecule has 2 rings (SSSR count). The third-order valence-electron chi connectivity index (χ3n) is 3.18. The lowest BCUT2D eigenvalue weighted by Gasteiger charge is -2.09. The van der Waals surface area contributed by atoms with Crippen LogP contribution in [0.25, 0.3) is 0 Å². The van der Waals surface area contributed by atoms with Crippen molar-refractivity contribution in [2.75, 3.05) is 5.73 Å². The molecule has 4 heteroatoms. The first-order chi connectivity index (χ1) is 9.47. The Kier molecular flexibility index (Phi) is 4.30. The molecular formula is C16H16ClNO2. The summed E-state index contributed by atoms with van der Waals surface area (Å²) in [4.78, 5) is 12.0. The Morgan fingerprint density at radius 3 is 2.60 bits per heavy atom. The van der Waals surface area contributed by atoms with E-state index in [1.165, 1.54) is 17.2 Å². The van der Waals surface area contributed by atoms with E-state index in [-0.39, 0.29) is 6.61 Å². The molecule has 0 bridgehead atoms. The number of carbonyl (C=O) groups is 1. The van der Waals surface area contributed by atoms with Crippen LogP contribution in [0.4, 0.5) is 5.69 Å². The molecule has 0 spiro atoms. The van der Waals surface area contributed by atoms with E-state index in [0.717, 1.165) is 5.56 Å². The van der Waals surface area contributed by atoms with Crippen molar-refractivity contribution < 1.29 is 9.53 Å². The van der Waals surface area contributed by atoms with E-state index in [2.05, 4.69) is 0 Å². The van der Waals surface area contributed by atoms with Gasteiger partial charge in [-0.2, -0.15) is 0 Å². The molecule has 0 fully saturated rings. The molecule has 2 aromatic carbocycles. The Balaban J connectivity index is 2.08. The van der Waals surface area contributed by atoms with E-state index in [1.54, 1.807) is 12.1 Å². The lowest BCUT2D eigenvalue weighted by molar-refractivity contribution is 0.0474. The number of nitrogen functional groups attached to an aromatic ring is 1. The fourth-order valence-electron chi connectivity index (χ4n) is 1.83. The van der Waals surface area contributed by atoms with Gasteiger partial charge in [0.15, 0.2) is 0 Å². The molecule has 0 aromatic heterocycles. The second-order valence-corrected chi connectivity index (χ2v) is 5.16. The predicted octanol–water partition coefficient (Wildman–Crippen LogP) is 3.90. The zero-order chi connectivity index (χ0) is 14.7. The minimum Gasteiger partial charge on any atom is -0.457 e. The van der Waals surface area contributed by atoms with Gasteiger partial charge in [0, 0.05) is 10.7 Å². The number of esters is 1. The molecule has 3 nitrogen and oxygen atoms in total. The molecule has 104 valence electrons. The highest BCUT2D eigenvalue weighted by Crippen LogP contribution is 2.19. The summed E-state index contributed by atoms with van der Waals surface area (Å²) in [5.41, 5.74) is 9.72. The first kappa shape index (κ1) is 14.4. The summed E-state index contributed by atoms with van der Waals surface area (Å²) in [5, 5.41) is 0.456. The van der Waals surface area contributed by atoms with Crippen LogP contribution in [0.1, 0.15) is 27.0 Å². The monoisotopic (exact) mass is 289 g/mol. The molecular weight excluding hydrogens is 274 g/mol. The largest absolute Gasteiger partial charge is 0.457 e. The van der Waals surface area contributed by atoms with Crippen molar-refractivity contribution in [1.29, 1.82) is 0 Å². The van der Waals surface area contributed by atoms with Crippen LogP contribution in [0.2, 0.25) is 5.02 Å². The van der Waals surface area contributed by atoms with E-state index in [0.29, 0.717) is 16.3 Å². The molecule has 0 radical (unpaired) electrons. The van der Waals surface area contributed by atoms with Gasteiger partial charge < -0.3 is 10.5 Å². The zero-order valence-corrected chi connectivity index (χ0v) is 12.2. The number of ether oxygens (including phenoxy) is 1. The van der Waals surface area contributed by atoms with E-state index >= 15 is 0 Å². The number of halogens is 1. The summed E-state index contributed by atoms with van der Waals surface area (Å²) < 4.78 is 5.27. The molecule has 0 aliphatic carbocycles. The van der Waals surface area contributed by atoms with Crippen LogP contribution in [0, 0.1) is 13.8 Å². The minimum atomic E-state index is -0.469. The van der Waals surface area contributed by atoms with Crippen LogP contribution in [0.5, 0.6) is 0 Å². The third-order valence-corrected chi connectivity index (χ3v) is 3.41. The van der Waals surface area contributed by atoms with E-state index in [9.17, 15) is 4.79 Å². The fraction of sp³-hybridized carbons (Fsp3) is 0.188. The van der Waals surface area contributed by atoms with Gasteiger partial charge in [0.1, 0.15) is 6.61 Å². The Hall–Kier alpha value is -2.00. The van der Waals surface area contributed by atoms with Crippen LogP contribution in [-0.4, -0.2) is 5.97 Å². The molecule has 2 aromatic rings. The maximum absolute atomic E-state index is 12.0. The molecule has 2 N–H and O–H groups in total. The van der Waals surface area contributed by atoms with Crippen LogP contribution in [0.15, 0.2) is 36.4 Å². The van der Waals surface area contributed by atoms with Crippen molar-refractivity contribution >= 4 is 23.3 Å². The van der Waals surface area contributed by atoms with Crippen molar-refractivity contribution in [2.24, 2.45) is 0 Å². The highest BCUT2D eigenvalue weighted by Gasteiger charge is 2.12. The lowest BCUT2D eigenvalue weighted by atomic mass is 10.1. The molecule has 0 saturated heterocycles. The summed E-state index contributed by atoms with van der Waals surface area (Å²) in [6.45, 7) is 4.28. The normalized spacial score (nSPS) is 10.3. The van der Waals surface area contributed by atoms with Gasteiger partial charge in [-0.3, -0.25) is 0 Å². The van der Waals surface area contributed by atoms with Crippen LogP contribution in [-0.2, 0) is 11.3 Å². The highest BCUT2D eigenvalue weighted by molar-refractivity contribution is 6.31. The van der Waals surface area contributed by atoms with E-state index in [4.69, 9.17) is 22.1 Å². The number of benzene rings is 2.